The van der Waals surface area contributed by atoms with Crippen molar-refractivity contribution in [1.82, 2.24) is 5.32 Å². The number of fused-ring (bicyclic) bond motifs is 1. The van der Waals surface area contributed by atoms with E-state index in [1.165, 1.54) is 0 Å². The summed E-state index contributed by atoms with van der Waals surface area (Å²) in [6.45, 7) is 2.77. The molecule has 0 bridgehead atoms. The second kappa shape index (κ2) is 6.32. The first-order valence-electron chi connectivity index (χ1n) is 6.74. The summed E-state index contributed by atoms with van der Waals surface area (Å²) in [5.41, 5.74) is 1.60. The number of carbonyl (C=O) groups excluding carboxylic acids is 2. The van der Waals surface area contributed by atoms with Gasteiger partial charge in [0.15, 0.2) is 6.10 Å². The maximum atomic E-state index is 11.7. The number of aliphatic hydroxyl groups is 1. The molecule has 6 nitrogen and oxygen atoms in total. The highest BCUT2D eigenvalue weighted by molar-refractivity contribution is 6.33. The van der Waals surface area contributed by atoms with Crippen molar-refractivity contribution in [3.05, 3.63) is 22.7 Å². The van der Waals surface area contributed by atoms with Gasteiger partial charge in [-0.3, -0.25) is 9.59 Å². The molecule has 7 heteroatoms. The SMILES string of the molecule is CCCNC(=O)CN(C)c1cc2c(cc1Cl)C(O)C(=O)N2. The molecule has 21 heavy (non-hydrogen) atoms. The third kappa shape index (κ3) is 3.28. The van der Waals surface area contributed by atoms with E-state index in [0.29, 0.717) is 28.5 Å². The largest absolute Gasteiger partial charge is 0.378 e. The van der Waals surface area contributed by atoms with Crippen LogP contribution in [0.5, 0.6) is 0 Å². The van der Waals surface area contributed by atoms with Gasteiger partial charge < -0.3 is 20.6 Å². The number of amides is 2. The molecule has 1 atom stereocenters. The fraction of sp³-hybridized carbons (Fsp3) is 0.429. The minimum Gasteiger partial charge on any atom is -0.378 e. The van der Waals surface area contributed by atoms with Gasteiger partial charge in [-0.05, 0) is 18.6 Å². The molecule has 0 aliphatic carbocycles. The van der Waals surface area contributed by atoms with Crippen LogP contribution in [0.2, 0.25) is 5.02 Å². The Morgan fingerprint density at radius 1 is 1.52 bits per heavy atom. The molecular weight excluding hydrogens is 294 g/mol. The highest BCUT2D eigenvalue weighted by atomic mass is 35.5. The summed E-state index contributed by atoms with van der Waals surface area (Å²) < 4.78 is 0. The van der Waals surface area contributed by atoms with Gasteiger partial charge in [0, 0.05) is 24.8 Å². The van der Waals surface area contributed by atoms with E-state index in [-0.39, 0.29) is 12.5 Å². The second-order valence-corrected chi connectivity index (χ2v) is 5.40. The maximum absolute atomic E-state index is 11.7. The molecule has 1 aliphatic heterocycles. The van der Waals surface area contributed by atoms with Crippen molar-refractivity contribution in [2.45, 2.75) is 19.4 Å². The summed E-state index contributed by atoms with van der Waals surface area (Å²) in [5.74, 6) is -0.568. The van der Waals surface area contributed by atoms with E-state index >= 15 is 0 Å². The van der Waals surface area contributed by atoms with Crippen LogP contribution in [-0.4, -0.2) is 37.1 Å². The lowest BCUT2D eigenvalue weighted by Crippen LogP contribution is -2.35. The van der Waals surface area contributed by atoms with Gasteiger partial charge in [-0.1, -0.05) is 18.5 Å². The Morgan fingerprint density at radius 2 is 2.24 bits per heavy atom. The van der Waals surface area contributed by atoms with E-state index in [1.54, 1.807) is 24.1 Å². The number of aliphatic hydroxyl groups excluding tert-OH is 1. The molecule has 3 N–H and O–H groups in total. The normalized spacial score (nSPS) is 16.4. The number of nitrogens with one attached hydrogen (secondary N) is 2. The molecule has 1 aliphatic rings. The highest BCUT2D eigenvalue weighted by Crippen LogP contribution is 2.38. The first-order valence-corrected chi connectivity index (χ1v) is 7.12. The molecule has 1 heterocycles. The first kappa shape index (κ1) is 15.6. The van der Waals surface area contributed by atoms with E-state index in [9.17, 15) is 14.7 Å². The number of rotatable bonds is 5. The molecule has 0 spiro atoms. The quantitative estimate of drug-likeness (QED) is 0.765. The topological polar surface area (TPSA) is 81.7 Å². The number of benzene rings is 1. The summed E-state index contributed by atoms with van der Waals surface area (Å²) in [4.78, 5) is 24.9. The average Bonchev–Trinajstić information content (AvgIpc) is 2.71. The average molecular weight is 312 g/mol. The van der Waals surface area contributed by atoms with Gasteiger partial charge in [0.05, 0.1) is 17.3 Å². The lowest BCUT2D eigenvalue weighted by atomic mass is 10.1. The Labute approximate surface area is 128 Å². The molecule has 1 aromatic rings. The van der Waals surface area contributed by atoms with E-state index < -0.39 is 12.0 Å². The number of halogens is 1. The van der Waals surface area contributed by atoms with Crippen LogP contribution in [0.1, 0.15) is 25.0 Å². The van der Waals surface area contributed by atoms with Crippen molar-refractivity contribution in [2.24, 2.45) is 0 Å². The molecule has 0 aromatic heterocycles. The number of nitrogens with zero attached hydrogens (tertiary/aromatic N) is 1. The molecule has 2 rings (SSSR count). The Balaban J connectivity index is 2.16. The van der Waals surface area contributed by atoms with Gasteiger partial charge >= 0.3 is 0 Å². The van der Waals surface area contributed by atoms with E-state index in [2.05, 4.69) is 10.6 Å². The van der Waals surface area contributed by atoms with E-state index in [4.69, 9.17) is 11.6 Å². The Bertz CT molecular complexity index is 577. The van der Waals surface area contributed by atoms with Crippen LogP contribution in [0.25, 0.3) is 0 Å². The summed E-state index contributed by atoms with van der Waals surface area (Å²) in [5, 5.41) is 15.5. The smallest absolute Gasteiger partial charge is 0.257 e. The number of anilines is 2. The zero-order valence-corrected chi connectivity index (χ0v) is 12.7. The van der Waals surface area contributed by atoms with Gasteiger partial charge in [-0.15, -0.1) is 0 Å². The molecule has 114 valence electrons. The third-order valence-corrected chi connectivity index (χ3v) is 3.59. The number of hydrogen-bond donors (Lipinski definition) is 3. The number of carbonyl (C=O) groups is 2. The first-order chi connectivity index (χ1) is 9.93. The monoisotopic (exact) mass is 311 g/mol. The summed E-state index contributed by atoms with van der Waals surface area (Å²) in [6.07, 6.45) is -0.316. The second-order valence-electron chi connectivity index (χ2n) is 4.99. The third-order valence-electron chi connectivity index (χ3n) is 3.28. The minimum absolute atomic E-state index is 0.0972. The zero-order valence-electron chi connectivity index (χ0n) is 11.9. The van der Waals surface area contributed by atoms with Crippen LogP contribution in [0.4, 0.5) is 11.4 Å². The fourth-order valence-electron chi connectivity index (χ4n) is 2.17. The van der Waals surface area contributed by atoms with E-state index in [0.717, 1.165) is 6.42 Å². The van der Waals surface area contributed by atoms with Crippen LogP contribution in [0, 0.1) is 0 Å². The molecule has 0 saturated heterocycles. The van der Waals surface area contributed by atoms with Gasteiger partial charge in [-0.25, -0.2) is 0 Å². The molecule has 0 radical (unpaired) electrons. The molecule has 2 amide bonds. The molecule has 1 aromatic carbocycles. The zero-order chi connectivity index (χ0) is 15.6. The Hall–Kier alpha value is -1.79. The van der Waals surface area contributed by atoms with Crippen molar-refractivity contribution >= 4 is 34.8 Å². The molecular formula is C14H18ClN3O3. The molecule has 0 fully saturated rings. The maximum Gasteiger partial charge on any atom is 0.257 e. The van der Waals surface area contributed by atoms with Crippen molar-refractivity contribution < 1.29 is 14.7 Å². The number of hydrogen-bond acceptors (Lipinski definition) is 4. The Morgan fingerprint density at radius 3 is 2.90 bits per heavy atom. The van der Waals surface area contributed by atoms with Gasteiger partial charge in [0.25, 0.3) is 5.91 Å². The molecule has 0 saturated carbocycles. The standard InChI is InChI=1S/C14H18ClN3O3/c1-3-4-16-12(19)7-18(2)11-6-10-8(5-9(11)15)13(20)14(21)17-10/h5-6,13,20H,3-4,7H2,1-2H3,(H,16,19)(H,17,21). The lowest BCUT2D eigenvalue weighted by molar-refractivity contribution is -0.123. The fourth-order valence-corrected chi connectivity index (χ4v) is 2.48. The molecule has 1 unspecified atom stereocenters. The van der Waals surface area contributed by atoms with Crippen LogP contribution >= 0.6 is 11.6 Å². The van der Waals surface area contributed by atoms with Crippen molar-refractivity contribution in [3.8, 4) is 0 Å². The summed E-state index contributed by atoms with van der Waals surface area (Å²) >= 11 is 6.18. The van der Waals surface area contributed by atoms with E-state index in [1.807, 2.05) is 6.92 Å². The lowest BCUT2D eigenvalue weighted by Gasteiger charge is -2.21. The number of likely N-dealkylation sites (N-methyl/N-ethyl adjacent to an activating group) is 1. The van der Waals surface area contributed by atoms with Gasteiger partial charge in [0.2, 0.25) is 5.91 Å². The van der Waals surface area contributed by atoms with Crippen LogP contribution in [0.15, 0.2) is 12.1 Å². The van der Waals surface area contributed by atoms with Crippen molar-refractivity contribution in [3.63, 3.8) is 0 Å². The van der Waals surface area contributed by atoms with Crippen LogP contribution in [-0.2, 0) is 9.59 Å². The van der Waals surface area contributed by atoms with Crippen LogP contribution < -0.4 is 15.5 Å². The summed E-state index contributed by atoms with van der Waals surface area (Å²) in [7, 11) is 1.74. The van der Waals surface area contributed by atoms with Crippen molar-refractivity contribution in [2.75, 3.05) is 30.4 Å². The predicted octanol–water partition coefficient (Wildman–Crippen LogP) is 1.29. The predicted molar refractivity (Wildman–Crippen MR) is 81.6 cm³/mol. The Kier molecular flexibility index (Phi) is 4.69. The van der Waals surface area contributed by atoms with Gasteiger partial charge in [0.1, 0.15) is 0 Å². The van der Waals surface area contributed by atoms with Crippen LogP contribution in [0.3, 0.4) is 0 Å². The highest BCUT2D eigenvalue weighted by Gasteiger charge is 2.30. The summed E-state index contributed by atoms with van der Waals surface area (Å²) in [6, 6.07) is 3.22. The van der Waals surface area contributed by atoms with Gasteiger partial charge in [-0.2, -0.15) is 0 Å². The van der Waals surface area contributed by atoms with Crippen molar-refractivity contribution in [1.29, 1.82) is 0 Å². The minimum atomic E-state index is -1.19.